The third-order valence-electron chi connectivity index (χ3n) is 4.37. The number of carbonyl (C=O) groups is 1. The Morgan fingerprint density at radius 2 is 2.12 bits per heavy atom. The van der Waals surface area contributed by atoms with Crippen molar-refractivity contribution in [1.82, 2.24) is 4.31 Å². The van der Waals surface area contributed by atoms with Crippen molar-refractivity contribution in [2.75, 3.05) is 13.1 Å². The fourth-order valence-corrected chi connectivity index (χ4v) is 5.71. The Kier molecular flexibility index (Phi) is 5.29. The largest absolute Gasteiger partial charge is 0.293 e. The summed E-state index contributed by atoms with van der Waals surface area (Å²) in [6, 6.07) is 5.24. The van der Waals surface area contributed by atoms with Gasteiger partial charge in [0, 0.05) is 19.0 Å². The summed E-state index contributed by atoms with van der Waals surface area (Å²) >= 11 is 7.10. The number of benzene rings is 1. The molecule has 1 aliphatic rings. The van der Waals surface area contributed by atoms with Gasteiger partial charge in [0.15, 0.2) is 5.78 Å². The lowest BCUT2D eigenvalue weighted by atomic mass is 9.93. The van der Waals surface area contributed by atoms with E-state index in [-0.39, 0.29) is 28.2 Å². The van der Waals surface area contributed by atoms with Crippen LogP contribution in [0.2, 0.25) is 5.02 Å². The van der Waals surface area contributed by atoms with Crippen LogP contribution in [0.15, 0.2) is 34.5 Å². The van der Waals surface area contributed by atoms with E-state index in [2.05, 4.69) is 0 Å². The lowest BCUT2D eigenvalue weighted by Crippen LogP contribution is -2.42. The molecule has 0 saturated carbocycles. The molecule has 1 unspecified atom stereocenters. The van der Waals surface area contributed by atoms with Crippen molar-refractivity contribution in [3.05, 3.63) is 50.9 Å². The van der Waals surface area contributed by atoms with Crippen molar-refractivity contribution >= 4 is 38.7 Å². The lowest BCUT2D eigenvalue weighted by molar-refractivity contribution is 0.0876. The Morgan fingerprint density at radius 1 is 1.36 bits per heavy atom. The minimum atomic E-state index is -3.81. The maximum Gasteiger partial charge on any atom is 0.243 e. The standard InChI is InChI=1S/C17H17ClFNO3S2/c1-11-6-8-24-17(11)16(21)12-3-2-7-20(10-12)25(22,23)13-4-5-15(19)14(18)9-13/h4-6,8-9,12H,2-3,7,10H2,1H3. The molecule has 1 aromatic heterocycles. The van der Waals surface area contributed by atoms with Gasteiger partial charge in [-0.05, 0) is 55.0 Å². The second-order valence-electron chi connectivity index (χ2n) is 6.08. The number of ketones is 1. The number of rotatable bonds is 4. The van der Waals surface area contributed by atoms with Gasteiger partial charge in [-0.1, -0.05) is 11.6 Å². The highest BCUT2D eigenvalue weighted by atomic mass is 35.5. The average Bonchev–Trinajstić information content (AvgIpc) is 3.02. The number of hydrogen-bond acceptors (Lipinski definition) is 4. The summed E-state index contributed by atoms with van der Waals surface area (Å²) in [6.07, 6.45) is 1.27. The Hall–Kier alpha value is -1.28. The number of piperidine rings is 1. The summed E-state index contributed by atoms with van der Waals surface area (Å²) in [6.45, 7) is 2.35. The summed E-state index contributed by atoms with van der Waals surface area (Å²) in [5.41, 5.74) is 0.917. The third-order valence-corrected chi connectivity index (χ3v) is 7.55. The van der Waals surface area contributed by atoms with E-state index in [1.54, 1.807) is 0 Å². The van der Waals surface area contributed by atoms with Gasteiger partial charge in [-0.2, -0.15) is 4.31 Å². The van der Waals surface area contributed by atoms with Gasteiger partial charge in [0.25, 0.3) is 0 Å². The number of thiophene rings is 1. The first-order valence-electron chi connectivity index (χ1n) is 7.84. The molecule has 134 valence electrons. The number of Topliss-reactive ketones (excluding diaryl/α,β-unsaturated/α-hetero) is 1. The van der Waals surface area contributed by atoms with Gasteiger partial charge < -0.3 is 0 Å². The summed E-state index contributed by atoms with van der Waals surface area (Å²) in [5, 5.41) is 1.63. The summed E-state index contributed by atoms with van der Waals surface area (Å²) in [7, 11) is -3.81. The molecule has 0 aliphatic carbocycles. The highest BCUT2D eigenvalue weighted by Crippen LogP contribution is 2.29. The summed E-state index contributed by atoms with van der Waals surface area (Å²) in [4.78, 5) is 13.3. The van der Waals surface area contributed by atoms with Gasteiger partial charge in [0.1, 0.15) is 5.82 Å². The molecule has 25 heavy (non-hydrogen) atoms. The van der Waals surface area contributed by atoms with Gasteiger partial charge >= 0.3 is 0 Å². The smallest absolute Gasteiger partial charge is 0.243 e. The summed E-state index contributed by atoms with van der Waals surface area (Å²) in [5.74, 6) is -1.04. The first-order chi connectivity index (χ1) is 11.8. The molecule has 1 atom stereocenters. The highest BCUT2D eigenvalue weighted by molar-refractivity contribution is 7.89. The third kappa shape index (κ3) is 3.65. The molecule has 2 heterocycles. The second-order valence-corrected chi connectivity index (χ2v) is 9.34. The van der Waals surface area contributed by atoms with Gasteiger partial charge in [-0.15, -0.1) is 11.3 Å². The van der Waals surface area contributed by atoms with Gasteiger partial charge in [0.05, 0.1) is 14.8 Å². The van der Waals surface area contributed by atoms with Crippen LogP contribution in [0, 0.1) is 18.7 Å². The molecule has 1 fully saturated rings. The van der Waals surface area contributed by atoms with Crippen LogP contribution in [0.25, 0.3) is 0 Å². The first-order valence-corrected chi connectivity index (χ1v) is 10.5. The monoisotopic (exact) mass is 401 g/mol. The van der Waals surface area contributed by atoms with Gasteiger partial charge in [-0.25, -0.2) is 12.8 Å². The van der Waals surface area contributed by atoms with Crippen LogP contribution >= 0.6 is 22.9 Å². The van der Waals surface area contributed by atoms with Crippen molar-refractivity contribution in [1.29, 1.82) is 0 Å². The van der Waals surface area contributed by atoms with E-state index >= 15 is 0 Å². The number of halogens is 2. The Bertz CT molecular complexity index is 910. The van der Waals surface area contributed by atoms with Crippen molar-refractivity contribution in [2.24, 2.45) is 5.92 Å². The number of aryl methyl sites for hydroxylation is 1. The molecule has 0 radical (unpaired) electrons. The van der Waals surface area contributed by atoms with Crippen LogP contribution in [0.4, 0.5) is 4.39 Å². The Labute approximate surface area is 155 Å². The van der Waals surface area contributed by atoms with Crippen LogP contribution < -0.4 is 0 Å². The fraction of sp³-hybridized carbons (Fsp3) is 0.353. The Morgan fingerprint density at radius 3 is 2.76 bits per heavy atom. The predicted molar refractivity (Wildman–Crippen MR) is 96.3 cm³/mol. The molecule has 0 spiro atoms. The maximum absolute atomic E-state index is 13.3. The molecule has 2 aromatic rings. The van der Waals surface area contributed by atoms with E-state index in [9.17, 15) is 17.6 Å². The zero-order chi connectivity index (χ0) is 18.2. The molecule has 3 rings (SSSR count). The molecule has 1 aromatic carbocycles. The van der Waals surface area contributed by atoms with Crippen LogP contribution in [-0.4, -0.2) is 31.6 Å². The van der Waals surface area contributed by atoms with Crippen molar-refractivity contribution < 1.29 is 17.6 Å². The van der Waals surface area contributed by atoms with E-state index in [1.165, 1.54) is 21.7 Å². The van der Waals surface area contributed by atoms with Crippen molar-refractivity contribution in [3.8, 4) is 0 Å². The number of carbonyl (C=O) groups excluding carboxylic acids is 1. The molecule has 1 aliphatic heterocycles. The van der Waals surface area contributed by atoms with Crippen molar-refractivity contribution in [3.63, 3.8) is 0 Å². The Balaban J connectivity index is 1.84. The molecule has 0 N–H and O–H groups in total. The SMILES string of the molecule is Cc1ccsc1C(=O)C1CCCN(S(=O)(=O)c2ccc(F)c(Cl)c2)C1. The lowest BCUT2D eigenvalue weighted by Gasteiger charge is -2.31. The topological polar surface area (TPSA) is 54.5 Å². The number of sulfonamides is 1. The second kappa shape index (κ2) is 7.15. The average molecular weight is 402 g/mol. The molecular formula is C17H17ClFNO3S2. The molecule has 1 saturated heterocycles. The van der Waals surface area contributed by atoms with Gasteiger partial charge in [-0.3, -0.25) is 4.79 Å². The molecular weight excluding hydrogens is 385 g/mol. The maximum atomic E-state index is 13.3. The molecule has 0 bridgehead atoms. The zero-order valence-electron chi connectivity index (χ0n) is 13.5. The minimum Gasteiger partial charge on any atom is -0.293 e. The minimum absolute atomic E-state index is 0.00969. The fourth-order valence-electron chi connectivity index (χ4n) is 2.97. The normalized spacial score (nSPS) is 19.1. The first kappa shape index (κ1) is 18.5. The van der Waals surface area contributed by atoms with Crippen molar-refractivity contribution in [2.45, 2.75) is 24.7 Å². The van der Waals surface area contributed by atoms with Crippen LogP contribution in [0.5, 0.6) is 0 Å². The van der Waals surface area contributed by atoms with Crippen LogP contribution in [-0.2, 0) is 10.0 Å². The van der Waals surface area contributed by atoms with Crippen LogP contribution in [0.1, 0.15) is 28.1 Å². The van der Waals surface area contributed by atoms with E-state index in [0.717, 1.165) is 17.7 Å². The quantitative estimate of drug-likeness (QED) is 0.724. The van der Waals surface area contributed by atoms with E-state index in [4.69, 9.17) is 11.6 Å². The molecule has 4 nitrogen and oxygen atoms in total. The molecule has 8 heteroatoms. The highest BCUT2D eigenvalue weighted by Gasteiger charge is 2.34. The zero-order valence-corrected chi connectivity index (χ0v) is 15.9. The predicted octanol–water partition coefficient (Wildman–Crippen LogP) is 4.13. The summed E-state index contributed by atoms with van der Waals surface area (Å²) < 4.78 is 40.2. The van der Waals surface area contributed by atoms with E-state index in [1.807, 2.05) is 18.4 Å². The van der Waals surface area contributed by atoms with Crippen LogP contribution in [0.3, 0.4) is 0 Å². The van der Waals surface area contributed by atoms with E-state index < -0.39 is 15.8 Å². The number of nitrogens with zero attached hydrogens (tertiary/aromatic N) is 1. The van der Waals surface area contributed by atoms with E-state index in [0.29, 0.717) is 24.3 Å². The van der Waals surface area contributed by atoms with Gasteiger partial charge in [0.2, 0.25) is 10.0 Å². The molecule has 0 amide bonds. The number of hydrogen-bond donors (Lipinski definition) is 0.